The topological polar surface area (TPSA) is 33.3 Å². The van der Waals surface area contributed by atoms with Gasteiger partial charge in [-0.3, -0.25) is 0 Å². The molecule has 2 saturated heterocycles. The number of hydrogen-bond donors (Lipinski definition) is 2. The summed E-state index contributed by atoms with van der Waals surface area (Å²) < 4.78 is 5.45. The van der Waals surface area contributed by atoms with Gasteiger partial charge in [0.05, 0.1) is 6.10 Å². The van der Waals surface area contributed by atoms with E-state index in [9.17, 15) is 0 Å². The van der Waals surface area contributed by atoms with Crippen LogP contribution in [-0.4, -0.2) is 37.9 Å². The highest BCUT2D eigenvalue weighted by molar-refractivity contribution is 4.88. The fourth-order valence-corrected chi connectivity index (χ4v) is 1.66. The third kappa shape index (κ3) is 1.55. The molecule has 2 rings (SSSR count). The van der Waals surface area contributed by atoms with E-state index in [0.29, 0.717) is 18.2 Å². The first-order chi connectivity index (χ1) is 5.36. The summed E-state index contributed by atoms with van der Waals surface area (Å²) in [5, 5.41) is 6.82. The van der Waals surface area contributed by atoms with Crippen molar-refractivity contribution in [1.29, 1.82) is 0 Å². The molecule has 2 heterocycles. The van der Waals surface area contributed by atoms with Gasteiger partial charge < -0.3 is 15.4 Å². The fraction of sp³-hybridized carbons (Fsp3) is 1.00. The van der Waals surface area contributed by atoms with Crippen molar-refractivity contribution < 1.29 is 4.74 Å². The van der Waals surface area contributed by atoms with Crippen LogP contribution in [0.2, 0.25) is 0 Å². The van der Waals surface area contributed by atoms with E-state index in [-0.39, 0.29) is 0 Å². The van der Waals surface area contributed by atoms with Gasteiger partial charge in [-0.15, -0.1) is 0 Å². The maximum absolute atomic E-state index is 5.45. The molecule has 0 bridgehead atoms. The molecule has 0 radical (unpaired) electrons. The maximum Gasteiger partial charge on any atom is 0.0700 e. The largest absolute Gasteiger partial charge is 0.377 e. The Balaban J connectivity index is 1.75. The molecular formula is C8H16N2O. The van der Waals surface area contributed by atoms with Gasteiger partial charge >= 0.3 is 0 Å². The van der Waals surface area contributed by atoms with Crippen LogP contribution in [0.4, 0.5) is 0 Å². The van der Waals surface area contributed by atoms with Crippen LogP contribution in [0.25, 0.3) is 0 Å². The Hall–Kier alpha value is -0.120. The highest BCUT2D eigenvalue weighted by Crippen LogP contribution is 2.13. The molecular weight excluding hydrogens is 140 g/mol. The number of ether oxygens (including phenoxy) is 1. The first kappa shape index (κ1) is 7.53. The number of nitrogens with one attached hydrogen (secondary N) is 2. The van der Waals surface area contributed by atoms with E-state index in [0.717, 1.165) is 19.7 Å². The molecule has 2 unspecified atom stereocenters. The SMILES string of the molecule is CC1OCCC1NC1CNC1. The molecule has 0 saturated carbocycles. The summed E-state index contributed by atoms with van der Waals surface area (Å²) in [5.74, 6) is 0. The van der Waals surface area contributed by atoms with Crippen molar-refractivity contribution in [3.05, 3.63) is 0 Å². The summed E-state index contributed by atoms with van der Waals surface area (Å²) in [6.07, 6.45) is 1.59. The van der Waals surface area contributed by atoms with Crippen molar-refractivity contribution in [3.63, 3.8) is 0 Å². The Morgan fingerprint density at radius 3 is 2.73 bits per heavy atom. The monoisotopic (exact) mass is 156 g/mol. The molecule has 2 fully saturated rings. The van der Waals surface area contributed by atoms with Gasteiger partial charge in [-0.2, -0.15) is 0 Å². The summed E-state index contributed by atoms with van der Waals surface area (Å²) in [7, 11) is 0. The number of hydrogen-bond acceptors (Lipinski definition) is 3. The molecule has 2 aliphatic rings. The fourth-order valence-electron chi connectivity index (χ4n) is 1.66. The molecule has 3 nitrogen and oxygen atoms in total. The highest BCUT2D eigenvalue weighted by atomic mass is 16.5. The second-order valence-corrected chi connectivity index (χ2v) is 3.49. The van der Waals surface area contributed by atoms with E-state index in [1.165, 1.54) is 6.42 Å². The van der Waals surface area contributed by atoms with Crippen LogP contribution in [0.5, 0.6) is 0 Å². The van der Waals surface area contributed by atoms with Crippen molar-refractivity contribution in [1.82, 2.24) is 10.6 Å². The van der Waals surface area contributed by atoms with E-state index in [4.69, 9.17) is 4.74 Å². The van der Waals surface area contributed by atoms with Crippen molar-refractivity contribution in [3.8, 4) is 0 Å². The average Bonchev–Trinajstić information content (AvgIpc) is 2.27. The first-order valence-electron chi connectivity index (χ1n) is 4.44. The lowest BCUT2D eigenvalue weighted by Gasteiger charge is -2.31. The van der Waals surface area contributed by atoms with Gasteiger partial charge in [0.15, 0.2) is 0 Å². The van der Waals surface area contributed by atoms with Gasteiger partial charge in [-0.25, -0.2) is 0 Å². The van der Waals surface area contributed by atoms with E-state index >= 15 is 0 Å². The molecule has 0 amide bonds. The van der Waals surface area contributed by atoms with E-state index in [1.54, 1.807) is 0 Å². The quantitative estimate of drug-likeness (QED) is 0.577. The molecule has 0 aliphatic carbocycles. The predicted molar refractivity (Wildman–Crippen MR) is 43.6 cm³/mol. The molecule has 2 N–H and O–H groups in total. The Bertz CT molecular complexity index is 136. The summed E-state index contributed by atoms with van der Waals surface area (Å²) in [6, 6.07) is 1.30. The molecule has 2 aliphatic heterocycles. The van der Waals surface area contributed by atoms with Crippen LogP contribution in [0.1, 0.15) is 13.3 Å². The van der Waals surface area contributed by atoms with E-state index in [1.807, 2.05) is 0 Å². The Morgan fingerprint density at radius 2 is 2.27 bits per heavy atom. The van der Waals surface area contributed by atoms with Crippen LogP contribution in [0.3, 0.4) is 0 Å². The predicted octanol–water partition coefficient (Wildman–Crippen LogP) is -0.275. The Labute approximate surface area is 67.5 Å². The highest BCUT2D eigenvalue weighted by Gasteiger charge is 2.28. The van der Waals surface area contributed by atoms with Gasteiger partial charge in [0.25, 0.3) is 0 Å². The van der Waals surface area contributed by atoms with Gasteiger partial charge in [-0.05, 0) is 13.3 Å². The Morgan fingerprint density at radius 1 is 1.45 bits per heavy atom. The summed E-state index contributed by atoms with van der Waals surface area (Å²) in [4.78, 5) is 0. The molecule has 2 atom stereocenters. The standard InChI is InChI=1S/C8H16N2O/c1-6-8(2-3-11-6)10-7-4-9-5-7/h6-10H,2-5H2,1H3. The minimum Gasteiger partial charge on any atom is -0.377 e. The van der Waals surface area contributed by atoms with Gasteiger partial charge in [-0.1, -0.05) is 0 Å². The third-order valence-electron chi connectivity index (χ3n) is 2.61. The molecule has 64 valence electrons. The van der Waals surface area contributed by atoms with Gasteiger partial charge in [0.2, 0.25) is 0 Å². The van der Waals surface area contributed by atoms with Crippen molar-refractivity contribution in [2.45, 2.75) is 31.5 Å². The summed E-state index contributed by atoms with van der Waals surface area (Å²) in [5.41, 5.74) is 0. The maximum atomic E-state index is 5.45. The normalized spacial score (nSPS) is 39.0. The number of rotatable bonds is 2. The lowest BCUT2D eigenvalue weighted by molar-refractivity contribution is 0.108. The molecule has 3 heteroatoms. The van der Waals surface area contributed by atoms with Crippen LogP contribution < -0.4 is 10.6 Å². The average molecular weight is 156 g/mol. The summed E-state index contributed by atoms with van der Waals surface area (Å²) in [6.45, 7) is 5.34. The third-order valence-corrected chi connectivity index (χ3v) is 2.61. The summed E-state index contributed by atoms with van der Waals surface area (Å²) >= 11 is 0. The Kier molecular flexibility index (Phi) is 2.11. The van der Waals surface area contributed by atoms with Gasteiger partial charge in [0.1, 0.15) is 0 Å². The van der Waals surface area contributed by atoms with Crippen LogP contribution >= 0.6 is 0 Å². The molecule has 0 aromatic carbocycles. The van der Waals surface area contributed by atoms with Crippen molar-refractivity contribution in [2.75, 3.05) is 19.7 Å². The first-order valence-corrected chi connectivity index (χ1v) is 4.44. The van der Waals surface area contributed by atoms with Crippen LogP contribution in [0.15, 0.2) is 0 Å². The van der Waals surface area contributed by atoms with Crippen molar-refractivity contribution in [2.24, 2.45) is 0 Å². The van der Waals surface area contributed by atoms with Crippen LogP contribution in [0, 0.1) is 0 Å². The lowest BCUT2D eigenvalue weighted by Crippen LogP contribution is -2.59. The van der Waals surface area contributed by atoms with Crippen LogP contribution in [-0.2, 0) is 4.74 Å². The van der Waals surface area contributed by atoms with Gasteiger partial charge in [0, 0.05) is 31.8 Å². The smallest absolute Gasteiger partial charge is 0.0700 e. The molecule has 0 spiro atoms. The minimum atomic E-state index is 0.413. The molecule has 0 aromatic rings. The second kappa shape index (κ2) is 3.09. The lowest BCUT2D eigenvalue weighted by atomic mass is 10.1. The zero-order chi connectivity index (χ0) is 7.68. The molecule has 0 aromatic heterocycles. The minimum absolute atomic E-state index is 0.413. The van der Waals surface area contributed by atoms with E-state index < -0.39 is 0 Å². The molecule has 11 heavy (non-hydrogen) atoms. The second-order valence-electron chi connectivity index (χ2n) is 3.49. The zero-order valence-corrected chi connectivity index (χ0v) is 6.97. The van der Waals surface area contributed by atoms with E-state index in [2.05, 4.69) is 17.6 Å². The van der Waals surface area contributed by atoms with Crippen molar-refractivity contribution >= 4 is 0 Å². The zero-order valence-electron chi connectivity index (χ0n) is 6.97.